The monoisotopic (exact) mass is 278 g/mol. The fourth-order valence-corrected chi connectivity index (χ4v) is 1.75. The molecule has 106 valence electrons. The molecule has 1 atom stereocenters. The maximum absolute atomic E-state index is 12.0. The van der Waals surface area contributed by atoms with E-state index < -0.39 is 12.0 Å². The molecule has 0 aliphatic rings. The zero-order valence-corrected chi connectivity index (χ0v) is 11.0. The molecule has 2 aromatic rings. The topological polar surface area (TPSA) is 110 Å². The van der Waals surface area contributed by atoms with Gasteiger partial charge in [-0.15, -0.1) is 5.10 Å². The van der Waals surface area contributed by atoms with Crippen molar-refractivity contribution in [3.8, 4) is 0 Å². The van der Waals surface area contributed by atoms with Gasteiger partial charge >= 0.3 is 5.97 Å². The number of carboxylic acids is 1. The Hall–Kier alpha value is -2.64. The molecule has 0 saturated heterocycles. The van der Waals surface area contributed by atoms with E-state index in [2.05, 4.69) is 15.6 Å². The summed E-state index contributed by atoms with van der Waals surface area (Å²) in [6.45, 7) is 3.43. The summed E-state index contributed by atoms with van der Waals surface area (Å²) in [5, 5.41) is 18.8. The molecular weight excluding hydrogens is 264 g/mol. The Bertz CT molecular complexity index is 617. The largest absolute Gasteiger partial charge is 0.476 e. The van der Waals surface area contributed by atoms with E-state index in [1.54, 1.807) is 26.0 Å². The van der Waals surface area contributed by atoms with Crippen LogP contribution in [-0.2, 0) is 11.3 Å². The van der Waals surface area contributed by atoms with Crippen LogP contribution in [0.3, 0.4) is 0 Å². The van der Waals surface area contributed by atoms with Gasteiger partial charge < -0.3 is 14.8 Å². The maximum atomic E-state index is 12.0. The van der Waals surface area contributed by atoms with Crippen molar-refractivity contribution < 1.29 is 19.1 Å². The molecule has 0 fully saturated rings. The number of aromatic nitrogens is 3. The first kappa shape index (κ1) is 13.8. The van der Waals surface area contributed by atoms with Crippen LogP contribution >= 0.6 is 0 Å². The van der Waals surface area contributed by atoms with E-state index >= 15 is 0 Å². The van der Waals surface area contributed by atoms with E-state index in [0.29, 0.717) is 11.5 Å². The van der Waals surface area contributed by atoms with Gasteiger partial charge in [-0.1, -0.05) is 5.21 Å². The zero-order valence-electron chi connectivity index (χ0n) is 11.0. The molecule has 1 amide bonds. The molecule has 0 saturated carbocycles. The van der Waals surface area contributed by atoms with E-state index in [0.717, 1.165) is 0 Å². The Labute approximate surface area is 114 Å². The fraction of sp³-hybridized carbons (Fsp3) is 0.333. The van der Waals surface area contributed by atoms with Gasteiger partial charge in [0.05, 0.1) is 18.5 Å². The number of nitrogens with one attached hydrogen (secondary N) is 1. The summed E-state index contributed by atoms with van der Waals surface area (Å²) in [5.74, 6) is -0.838. The van der Waals surface area contributed by atoms with Gasteiger partial charge in [0.1, 0.15) is 11.8 Å². The van der Waals surface area contributed by atoms with E-state index in [9.17, 15) is 9.59 Å². The van der Waals surface area contributed by atoms with Gasteiger partial charge in [0.2, 0.25) is 5.91 Å². The Morgan fingerprint density at radius 1 is 1.55 bits per heavy atom. The lowest BCUT2D eigenvalue weighted by Gasteiger charge is -2.12. The SMILES string of the molecule is Cc1c(C(=O)O)nnn1C(C)C(=O)NCc1ccco1. The lowest BCUT2D eigenvalue weighted by atomic mass is 10.2. The minimum absolute atomic E-state index is 0.157. The van der Waals surface area contributed by atoms with Crippen LogP contribution in [0.4, 0.5) is 0 Å². The highest BCUT2D eigenvalue weighted by atomic mass is 16.4. The van der Waals surface area contributed by atoms with E-state index in [1.807, 2.05) is 0 Å². The third kappa shape index (κ3) is 2.68. The molecule has 8 nitrogen and oxygen atoms in total. The van der Waals surface area contributed by atoms with Gasteiger partial charge in [-0.3, -0.25) is 4.79 Å². The van der Waals surface area contributed by atoms with Crippen molar-refractivity contribution in [2.45, 2.75) is 26.4 Å². The summed E-state index contributed by atoms with van der Waals surface area (Å²) >= 11 is 0. The number of furan rings is 1. The van der Waals surface area contributed by atoms with Crippen LogP contribution in [0, 0.1) is 6.92 Å². The third-order valence-electron chi connectivity index (χ3n) is 2.89. The number of rotatable bonds is 5. The molecule has 0 bridgehead atoms. The lowest BCUT2D eigenvalue weighted by Crippen LogP contribution is -2.31. The maximum Gasteiger partial charge on any atom is 0.358 e. The molecule has 1 unspecified atom stereocenters. The minimum atomic E-state index is -1.17. The van der Waals surface area contributed by atoms with Crippen LogP contribution in [0.5, 0.6) is 0 Å². The Kier molecular flexibility index (Phi) is 3.83. The smallest absolute Gasteiger partial charge is 0.358 e. The summed E-state index contributed by atoms with van der Waals surface area (Å²) in [6, 6.07) is 2.81. The summed E-state index contributed by atoms with van der Waals surface area (Å²) in [6.07, 6.45) is 1.52. The molecule has 0 aliphatic carbocycles. The second-order valence-corrected chi connectivity index (χ2v) is 4.25. The molecule has 0 aliphatic heterocycles. The van der Waals surface area contributed by atoms with Gasteiger partial charge in [0.25, 0.3) is 0 Å². The van der Waals surface area contributed by atoms with Crippen molar-refractivity contribution in [2.24, 2.45) is 0 Å². The molecule has 0 aromatic carbocycles. The van der Waals surface area contributed by atoms with Crippen molar-refractivity contribution in [1.82, 2.24) is 20.3 Å². The molecule has 0 spiro atoms. The number of carboxylic acid groups (broad SMARTS) is 1. The van der Waals surface area contributed by atoms with Crippen molar-refractivity contribution in [3.05, 3.63) is 35.5 Å². The van der Waals surface area contributed by atoms with Gasteiger partial charge in [-0.2, -0.15) is 0 Å². The fourth-order valence-electron chi connectivity index (χ4n) is 1.75. The van der Waals surface area contributed by atoms with Crippen molar-refractivity contribution in [2.75, 3.05) is 0 Å². The Morgan fingerprint density at radius 3 is 2.85 bits per heavy atom. The quantitative estimate of drug-likeness (QED) is 0.835. The molecule has 8 heteroatoms. The first-order chi connectivity index (χ1) is 9.50. The second-order valence-electron chi connectivity index (χ2n) is 4.25. The molecule has 2 N–H and O–H groups in total. The van der Waals surface area contributed by atoms with Crippen LogP contribution < -0.4 is 5.32 Å². The Balaban J connectivity index is 2.05. The van der Waals surface area contributed by atoms with Gasteiger partial charge in [0, 0.05) is 0 Å². The van der Waals surface area contributed by atoms with Crippen LogP contribution in [0.1, 0.15) is 34.9 Å². The van der Waals surface area contributed by atoms with Gasteiger partial charge in [0.15, 0.2) is 5.69 Å². The van der Waals surface area contributed by atoms with E-state index in [4.69, 9.17) is 9.52 Å². The van der Waals surface area contributed by atoms with Crippen LogP contribution in [0.2, 0.25) is 0 Å². The molecule has 2 aromatic heterocycles. The van der Waals surface area contributed by atoms with Crippen molar-refractivity contribution in [1.29, 1.82) is 0 Å². The lowest BCUT2D eigenvalue weighted by molar-refractivity contribution is -0.124. The van der Waals surface area contributed by atoms with Gasteiger partial charge in [-0.05, 0) is 26.0 Å². The molecule has 0 radical (unpaired) electrons. The summed E-state index contributed by atoms with van der Waals surface area (Å²) < 4.78 is 6.38. The minimum Gasteiger partial charge on any atom is -0.476 e. The van der Waals surface area contributed by atoms with Gasteiger partial charge in [-0.25, -0.2) is 9.48 Å². The summed E-state index contributed by atoms with van der Waals surface area (Å²) in [5.41, 5.74) is 0.175. The van der Waals surface area contributed by atoms with E-state index in [1.165, 1.54) is 10.9 Å². The molecule has 2 rings (SSSR count). The third-order valence-corrected chi connectivity index (χ3v) is 2.89. The number of hydrogen-bond acceptors (Lipinski definition) is 5. The normalized spacial score (nSPS) is 12.1. The first-order valence-electron chi connectivity index (χ1n) is 5.96. The highest BCUT2D eigenvalue weighted by Gasteiger charge is 2.22. The Morgan fingerprint density at radius 2 is 2.30 bits per heavy atom. The standard InChI is InChI=1S/C12H14N4O4/c1-7-10(12(18)19)14-15-16(7)8(2)11(17)13-6-9-4-3-5-20-9/h3-5,8H,6H2,1-2H3,(H,13,17)(H,18,19). The highest BCUT2D eigenvalue weighted by Crippen LogP contribution is 2.11. The van der Waals surface area contributed by atoms with Crippen LogP contribution in [-0.4, -0.2) is 32.0 Å². The number of carbonyl (C=O) groups excluding carboxylic acids is 1. The highest BCUT2D eigenvalue weighted by molar-refractivity contribution is 5.86. The number of nitrogens with zero attached hydrogens (tertiary/aromatic N) is 3. The molecule has 20 heavy (non-hydrogen) atoms. The molecular formula is C12H14N4O4. The number of hydrogen-bond donors (Lipinski definition) is 2. The van der Waals surface area contributed by atoms with Crippen molar-refractivity contribution in [3.63, 3.8) is 0 Å². The first-order valence-corrected chi connectivity index (χ1v) is 5.96. The molecule has 2 heterocycles. The number of amides is 1. The van der Waals surface area contributed by atoms with Crippen LogP contribution in [0.25, 0.3) is 0 Å². The number of carbonyl (C=O) groups is 2. The summed E-state index contributed by atoms with van der Waals surface area (Å²) in [7, 11) is 0. The second kappa shape index (κ2) is 5.55. The number of aromatic carboxylic acids is 1. The zero-order chi connectivity index (χ0) is 14.7. The predicted molar refractivity (Wildman–Crippen MR) is 67.0 cm³/mol. The average Bonchev–Trinajstić information content (AvgIpc) is 3.04. The van der Waals surface area contributed by atoms with Crippen LogP contribution in [0.15, 0.2) is 22.8 Å². The summed E-state index contributed by atoms with van der Waals surface area (Å²) in [4.78, 5) is 22.9. The predicted octanol–water partition coefficient (Wildman–Crippen LogP) is 0.755. The van der Waals surface area contributed by atoms with E-state index in [-0.39, 0.29) is 18.1 Å². The van der Waals surface area contributed by atoms with Crippen molar-refractivity contribution >= 4 is 11.9 Å². The average molecular weight is 278 g/mol.